The molecular formula is C14H18. The maximum Gasteiger partial charge on any atom is 0.0262 e. The summed E-state index contributed by atoms with van der Waals surface area (Å²) >= 11 is 0. The topological polar surface area (TPSA) is 0 Å². The second-order valence-corrected chi connectivity index (χ2v) is 4.25. The van der Waals surface area contributed by atoms with Crippen LogP contribution in [0.1, 0.15) is 39.2 Å². The fourth-order valence-corrected chi connectivity index (χ4v) is 1.45. The normalized spacial score (nSPS) is 10.5. The molecule has 0 heteroatoms. The molecule has 0 N–H and O–H groups in total. The first kappa shape index (κ1) is 10.9. The van der Waals surface area contributed by atoms with Crippen LogP contribution in [0, 0.1) is 17.3 Å². The quantitative estimate of drug-likeness (QED) is 0.615. The fourth-order valence-electron chi connectivity index (χ4n) is 1.45. The highest BCUT2D eigenvalue weighted by molar-refractivity contribution is 5.34. The van der Waals surface area contributed by atoms with Crippen LogP contribution >= 0.6 is 0 Å². The van der Waals surface area contributed by atoms with Gasteiger partial charge in [-0.2, -0.15) is 0 Å². The van der Waals surface area contributed by atoms with Crippen molar-refractivity contribution in [1.82, 2.24) is 0 Å². The van der Waals surface area contributed by atoms with Crippen molar-refractivity contribution in [3.05, 3.63) is 35.9 Å². The van der Waals surface area contributed by atoms with Crippen LogP contribution in [-0.2, 0) is 0 Å². The maximum atomic E-state index is 3.33. The summed E-state index contributed by atoms with van der Waals surface area (Å²) in [5.41, 5.74) is 1.25. The van der Waals surface area contributed by atoms with E-state index in [1.807, 2.05) is 18.2 Å². The Kier molecular flexibility index (Phi) is 3.77. The number of benzene rings is 1. The van der Waals surface area contributed by atoms with Crippen LogP contribution in [-0.4, -0.2) is 0 Å². The highest BCUT2D eigenvalue weighted by atomic mass is 14.1. The molecule has 74 valence electrons. The maximum absolute atomic E-state index is 3.33. The first-order valence-corrected chi connectivity index (χ1v) is 5.22. The van der Waals surface area contributed by atoms with E-state index in [2.05, 4.69) is 44.7 Å². The van der Waals surface area contributed by atoms with Gasteiger partial charge in [0, 0.05) is 11.0 Å². The van der Waals surface area contributed by atoms with Crippen LogP contribution in [0.3, 0.4) is 0 Å². The molecule has 1 rings (SSSR count). The molecule has 0 aliphatic rings. The van der Waals surface area contributed by atoms with Crippen molar-refractivity contribution in [3.63, 3.8) is 0 Å². The SMILES string of the molecule is CCCC(C)(C)C#Cc1ccccc1. The molecule has 0 aromatic heterocycles. The monoisotopic (exact) mass is 186 g/mol. The Hall–Kier alpha value is -1.22. The molecule has 14 heavy (non-hydrogen) atoms. The Bertz CT molecular complexity index is 322. The van der Waals surface area contributed by atoms with Crippen molar-refractivity contribution in [3.8, 4) is 11.8 Å². The summed E-state index contributed by atoms with van der Waals surface area (Å²) in [6.45, 7) is 6.60. The molecule has 0 saturated carbocycles. The molecule has 0 heterocycles. The van der Waals surface area contributed by atoms with Crippen molar-refractivity contribution < 1.29 is 0 Å². The van der Waals surface area contributed by atoms with Crippen LogP contribution in [0.25, 0.3) is 0 Å². The summed E-state index contributed by atoms with van der Waals surface area (Å²) in [6.07, 6.45) is 2.35. The lowest BCUT2D eigenvalue weighted by Gasteiger charge is -2.15. The van der Waals surface area contributed by atoms with Crippen molar-refractivity contribution in [2.45, 2.75) is 33.6 Å². The van der Waals surface area contributed by atoms with Gasteiger partial charge in [0.2, 0.25) is 0 Å². The van der Waals surface area contributed by atoms with Gasteiger partial charge in [-0.25, -0.2) is 0 Å². The molecule has 0 unspecified atom stereocenters. The molecule has 0 aliphatic carbocycles. The Morgan fingerprint density at radius 2 is 1.79 bits per heavy atom. The van der Waals surface area contributed by atoms with E-state index >= 15 is 0 Å². The largest absolute Gasteiger partial charge is 0.0917 e. The Labute approximate surface area is 87.4 Å². The minimum absolute atomic E-state index is 0.143. The number of hydrogen-bond acceptors (Lipinski definition) is 0. The summed E-state index contributed by atoms with van der Waals surface area (Å²) < 4.78 is 0. The standard InChI is InChI=1S/C14H18/c1-4-11-14(2,3)12-10-13-8-6-5-7-9-13/h5-9H,4,11H2,1-3H3. The Balaban J connectivity index is 2.73. The van der Waals surface area contributed by atoms with Crippen LogP contribution in [0.5, 0.6) is 0 Å². The highest BCUT2D eigenvalue weighted by Crippen LogP contribution is 2.20. The molecule has 0 amide bonds. The van der Waals surface area contributed by atoms with E-state index < -0.39 is 0 Å². The third-order valence-corrected chi connectivity index (χ3v) is 2.19. The summed E-state index contributed by atoms with van der Waals surface area (Å²) in [5.74, 6) is 6.55. The first-order chi connectivity index (χ1) is 6.64. The summed E-state index contributed by atoms with van der Waals surface area (Å²) in [5, 5.41) is 0. The van der Waals surface area contributed by atoms with Crippen LogP contribution in [0.15, 0.2) is 30.3 Å². The van der Waals surface area contributed by atoms with Crippen molar-refractivity contribution in [2.24, 2.45) is 5.41 Å². The van der Waals surface area contributed by atoms with E-state index in [-0.39, 0.29) is 5.41 Å². The second kappa shape index (κ2) is 4.86. The molecule has 0 atom stereocenters. The van der Waals surface area contributed by atoms with Crippen molar-refractivity contribution in [1.29, 1.82) is 0 Å². The van der Waals surface area contributed by atoms with Gasteiger partial charge in [-0.1, -0.05) is 43.4 Å². The molecular weight excluding hydrogens is 168 g/mol. The number of hydrogen-bond donors (Lipinski definition) is 0. The number of rotatable bonds is 2. The van der Waals surface area contributed by atoms with E-state index in [0.717, 1.165) is 12.0 Å². The molecule has 0 fully saturated rings. The smallest absolute Gasteiger partial charge is 0.0262 e. The fraction of sp³-hybridized carbons (Fsp3) is 0.429. The highest BCUT2D eigenvalue weighted by Gasteiger charge is 2.11. The molecule has 1 aromatic carbocycles. The molecule has 0 saturated heterocycles. The van der Waals surface area contributed by atoms with Gasteiger partial charge in [-0.15, -0.1) is 0 Å². The van der Waals surface area contributed by atoms with Crippen molar-refractivity contribution in [2.75, 3.05) is 0 Å². The predicted octanol–water partition coefficient (Wildman–Crippen LogP) is 3.86. The summed E-state index contributed by atoms with van der Waals surface area (Å²) in [6, 6.07) is 10.2. The van der Waals surface area contributed by atoms with E-state index in [9.17, 15) is 0 Å². The second-order valence-electron chi connectivity index (χ2n) is 4.25. The molecule has 0 nitrogen and oxygen atoms in total. The average molecular weight is 186 g/mol. The van der Waals surface area contributed by atoms with Crippen molar-refractivity contribution >= 4 is 0 Å². The molecule has 0 radical (unpaired) electrons. The van der Waals surface area contributed by atoms with Gasteiger partial charge >= 0.3 is 0 Å². The minimum Gasteiger partial charge on any atom is -0.0917 e. The molecule has 1 aromatic rings. The van der Waals surface area contributed by atoms with Gasteiger partial charge in [0.05, 0.1) is 0 Å². The van der Waals surface area contributed by atoms with Gasteiger partial charge in [0.1, 0.15) is 0 Å². The van der Waals surface area contributed by atoms with E-state index in [4.69, 9.17) is 0 Å². The lowest BCUT2D eigenvalue weighted by atomic mass is 9.89. The predicted molar refractivity (Wildman–Crippen MR) is 62.0 cm³/mol. The minimum atomic E-state index is 0.143. The van der Waals surface area contributed by atoms with Gasteiger partial charge in [-0.05, 0) is 32.4 Å². The van der Waals surface area contributed by atoms with Crippen LogP contribution < -0.4 is 0 Å². The van der Waals surface area contributed by atoms with Gasteiger partial charge in [0.25, 0.3) is 0 Å². The zero-order chi connectivity index (χ0) is 10.4. The Morgan fingerprint density at radius 1 is 1.14 bits per heavy atom. The average Bonchev–Trinajstić information content (AvgIpc) is 2.17. The Morgan fingerprint density at radius 3 is 2.36 bits per heavy atom. The summed E-state index contributed by atoms with van der Waals surface area (Å²) in [7, 11) is 0. The molecule has 0 aliphatic heterocycles. The third-order valence-electron chi connectivity index (χ3n) is 2.19. The van der Waals surface area contributed by atoms with E-state index in [1.165, 1.54) is 6.42 Å². The molecule has 0 spiro atoms. The summed E-state index contributed by atoms with van der Waals surface area (Å²) in [4.78, 5) is 0. The zero-order valence-electron chi connectivity index (χ0n) is 9.30. The molecule has 0 bridgehead atoms. The van der Waals surface area contributed by atoms with Crippen LogP contribution in [0.2, 0.25) is 0 Å². The van der Waals surface area contributed by atoms with Crippen LogP contribution in [0.4, 0.5) is 0 Å². The lowest BCUT2D eigenvalue weighted by Crippen LogP contribution is -2.06. The first-order valence-electron chi connectivity index (χ1n) is 5.22. The van der Waals surface area contributed by atoms with Gasteiger partial charge < -0.3 is 0 Å². The zero-order valence-corrected chi connectivity index (χ0v) is 9.30. The van der Waals surface area contributed by atoms with Gasteiger partial charge in [-0.3, -0.25) is 0 Å². The van der Waals surface area contributed by atoms with E-state index in [0.29, 0.717) is 0 Å². The van der Waals surface area contributed by atoms with E-state index in [1.54, 1.807) is 0 Å². The third kappa shape index (κ3) is 3.66. The lowest BCUT2D eigenvalue weighted by molar-refractivity contribution is 0.452. The van der Waals surface area contributed by atoms with Gasteiger partial charge in [0.15, 0.2) is 0 Å².